The van der Waals surface area contributed by atoms with Crippen LogP contribution in [0.5, 0.6) is 0 Å². The highest BCUT2D eigenvalue weighted by molar-refractivity contribution is 9.09. The predicted molar refractivity (Wildman–Crippen MR) is 45.6 cm³/mol. The second-order valence-corrected chi connectivity index (χ2v) is 2.53. The van der Waals surface area contributed by atoms with Gasteiger partial charge in [-0.25, -0.2) is 0 Å². The molecular weight excluding hydrogens is 176 g/mol. The molecule has 0 rings (SSSR count). The van der Waals surface area contributed by atoms with Crippen LogP contribution in [0, 0.1) is 11.8 Å². The molecule has 0 bridgehead atoms. The van der Waals surface area contributed by atoms with Crippen LogP contribution in [0.1, 0.15) is 20.3 Å². The van der Waals surface area contributed by atoms with Crippen molar-refractivity contribution >= 4 is 15.9 Å². The van der Waals surface area contributed by atoms with Crippen molar-refractivity contribution in [3.63, 3.8) is 0 Å². The maximum absolute atomic E-state index is 3.22. The fourth-order valence-corrected chi connectivity index (χ4v) is 0.573. The Morgan fingerprint density at radius 3 is 2.56 bits per heavy atom. The zero-order valence-electron chi connectivity index (χ0n) is 5.87. The van der Waals surface area contributed by atoms with E-state index in [1.165, 1.54) is 5.57 Å². The zero-order chi connectivity index (χ0) is 7.11. The van der Waals surface area contributed by atoms with Crippen LogP contribution in [0.25, 0.3) is 0 Å². The standard InChI is InChI=1S/C8H11Br/c1-8(2)6-4-3-5-7-9/h6H,4,7H2,1-2H3. The topological polar surface area (TPSA) is 0 Å². The Kier molecular flexibility index (Phi) is 5.76. The van der Waals surface area contributed by atoms with Gasteiger partial charge in [-0.05, 0) is 13.8 Å². The second-order valence-electron chi connectivity index (χ2n) is 1.97. The molecule has 0 aliphatic heterocycles. The van der Waals surface area contributed by atoms with Gasteiger partial charge in [0.2, 0.25) is 0 Å². The molecule has 0 unspecified atom stereocenters. The average Bonchev–Trinajstić information content (AvgIpc) is 1.80. The van der Waals surface area contributed by atoms with Crippen LogP contribution in [-0.4, -0.2) is 5.33 Å². The number of halogens is 1. The summed E-state index contributed by atoms with van der Waals surface area (Å²) < 4.78 is 0. The van der Waals surface area contributed by atoms with Crippen molar-refractivity contribution in [2.75, 3.05) is 5.33 Å². The molecule has 0 radical (unpaired) electrons. The van der Waals surface area contributed by atoms with Gasteiger partial charge in [0, 0.05) is 6.42 Å². The minimum Gasteiger partial charge on any atom is -0.0983 e. The molecule has 9 heavy (non-hydrogen) atoms. The monoisotopic (exact) mass is 186 g/mol. The summed E-state index contributed by atoms with van der Waals surface area (Å²) in [5.41, 5.74) is 1.33. The summed E-state index contributed by atoms with van der Waals surface area (Å²) in [5.74, 6) is 5.92. The maximum atomic E-state index is 3.22. The van der Waals surface area contributed by atoms with E-state index in [1.54, 1.807) is 0 Å². The molecule has 0 saturated heterocycles. The van der Waals surface area contributed by atoms with E-state index in [9.17, 15) is 0 Å². The summed E-state index contributed by atoms with van der Waals surface area (Å²) in [6, 6.07) is 0. The first-order chi connectivity index (χ1) is 4.27. The lowest BCUT2D eigenvalue weighted by molar-refractivity contribution is 1.31. The van der Waals surface area contributed by atoms with Crippen LogP contribution >= 0.6 is 15.9 Å². The quantitative estimate of drug-likeness (QED) is 0.336. The zero-order valence-corrected chi connectivity index (χ0v) is 7.46. The van der Waals surface area contributed by atoms with Gasteiger partial charge >= 0.3 is 0 Å². The molecule has 0 N–H and O–H groups in total. The summed E-state index contributed by atoms with van der Waals surface area (Å²) in [5, 5.41) is 0.781. The van der Waals surface area contributed by atoms with E-state index in [1.807, 2.05) is 0 Å². The average molecular weight is 187 g/mol. The van der Waals surface area contributed by atoms with Crippen molar-refractivity contribution in [1.29, 1.82) is 0 Å². The third kappa shape index (κ3) is 7.78. The largest absolute Gasteiger partial charge is 0.0983 e. The van der Waals surface area contributed by atoms with Gasteiger partial charge in [0.15, 0.2) is 0 Å². The van der Waals surface area contributed by atoms with E-state index in [0.29, 0.717) is 0 Å². The molecule has 0 nitrogen and oxygen atoms in total. The summed E-state index contributed by atoms with van der Waals surface area (Å²) >= 11 is 3.22. The predicted octanol–water partition coefficient (Wildman–Crippen LogP) is 2.74. The van der Waals surface area contributed by atoms with Crippen LogP contribution in [-0.2, 0) is 0 Å². The lowest BCUT2D eigenvalue weighted by Crippen LogP contribution is -1.65. The van der Waals surface area contributed by atoms with Gasteiger partial charge in [-0.15, -0.1) is 0 Å². The Morgan fingerprint density at radius 2 is 2.11 bits per heavy atom. The minimum absolute atomic E-state index is 0.781. The Labute approximate surface area is 65.5 Å². The number of hydrogen-bond donors (Lipinski definition) is 0. The van der Waals surface area contributed by atoms with Crippen molar-refractivity contribution < 1.29 is 0 Å². The number of rotatable bonds is 1. The molecule has 0 aromatic carbocycles. The number of hydrogen-bond acceptors (Lipinski definition) is 0. The van der Waals surface area contributed by atoms with E-state index < -0.39 is 0 Å². The first-order valence-electron chi connectivity index (χ1n) is 2.92. The Hall–Kier alpha value is -0.220. The second kappa shape index (κ2) is 5.91. The van der Waals surface area contributed by atoms with Crippen LogP contribution in [0.2, 0.25) is 0 Å². The van der Waals surface area contributed by atoms with Gasteiger partial charge in [-0.2, -0.15) is 0 Å². The third-order valence-electron chi connectivity index (χ3n) is 0.804. The van der Waals surface area contributed by atoms with E-state index >= 15 is 0 Å². The first-order valence-corrected chi connectivity index (χ1v) is 4.04. The molecule has 0 aromatic rings. The molecule has 0 aromatic heterocycles. The summed E-state index contributed by atoms with van der Waals surface area (Å²) in [6.45, 7) is 4.16. The molecule has 0 amide bonds. The Morgan fingerprint density at radius 1 is 1.44 bits per heavy atom. The van der Waals surface area contributed by atoms with Crippen LogP contribution in [0.15, 0.2) is 11.6 Å². The van der Waals surface area contributed by atoms with E-state index in [0.717, 1.165) is 11.8 Å². The summed E-state index contributed by atoms with van der Waals surface area (Å²) in [7, 11) is 0. The van der Waals surface area contributed by atoms with E-state index in [4.69, 9.17) is 0 Å². The molecule has 0 aliphatic rings. The number of allylic oxidation sites excluding steroid dienone is 2. The van der Waals surface area contributed by atoms with E-state index in [2.05, 4.69) is 47.7 Å². The summed E-state index contributed by atoms with van der Waals surface area (Å²) in [6.07, 6.45) is 3.00. The molecule has 0 atom stereocenters. The highest BCUT2D eigenvalue weighted by Crippen LogP contribution is 1.90. The Balaban J connectivity index is 3.40. The van der Waals surface area contributed by atoms with Gasteiger partial charge < -0.3 is 0 Å². The van der Waals surface area contributed by atoms with E-state index in [-0.39, 0.29) is 0 Å². The molecule has 1 heteroatoms. The third-order valence-corrected chi connectivity index (χ3v) is 1.08. The SMILES string of the molecule is CC(C)=CCC#CCBr. The fraction of sp³-hybridized carbons (Fsp3) is 0.500. The minimum atomic E-state index is 0.781. The molecule has 0 heterocycles. The maximum Gasteiger partial charge on any atom is 0.0645 e. The van der Waals surface area contributed by atoms with Crippen molar-refractivity contribution in [1.82, 2.24) is 0 Å². The first kappa shape index (κ1) is 8.78. The lowest BCUT2D eigenvalue weighted by atomic mass is 10.3. The van der Waals surface area contributed by atoms with Crippen molar-refractivity contribution in [3.05, 3.63) is 11.6 Å². The molecule has 0 aliphatic carbocycles. The van der Waals surface area contributed by atoms with Crippen LogP contribution in [0.3, 0.4) is 0 Å². The summed E-state index contributed by atoms with van der Waals surface area (Å²) in [4.78, 5) is 0. The lowest BCUT2D eigenvalue weighted by Gasteiger charge is -1.81. The molecule has 0 spiro atoms. The van der Waals surface area contributed by atoms with Crippen molar-refractivity contribution in [2.45, 2.75) is 20.3 Å². The molecule has 0 saturated carbocycles. The van der Waals surface area contributed by atoms with Crippen LogP contribution in [0.4, 0.5) is 0 Å². The van der Waals surface area contributed by atoms with Gasteiger partial charge in [-0.3, -0.25) is 0 Å². The number of alkyl halides is 1. The van der Waals surface area contributed by atoms with Gasteiger partial charge in [-0.1, -0.05) is 39.4 Å². The normalized spacial score (nSPS) is 7.44. The fourth-order valence-electron chi connectivity index (χ4n) is 0.375. The molecular formula is C8H11Br. The highest BCUT2D eigenvalue weighted by atomic mass is 79.9. The smallest absolute Gasteiger partial charge is 0.0645 e. The van der Waals surface area contributed by atoms with Gasteiger partial charge in [0.05, 0.1) is 5.33 Å². The van der Waals surface area contributed by atoms with Gasteiger partial charge in [0.25, 0.3) is 0 Å². The van der Waals surface area contributed by atoms with Crippen molar-refractivity contribution in [2.24, 2.45) is 0 Å². The molecule has 50 valence electrons. The Bertz CT molecular complexity index is 142. The van der Waals surface area contributed by atoms with Crippen molar-refractivity contribution in [3.8, 4) is 11.8 Å². The van der Waals surface area contributed by atoms with Crippen LogP contribution < -0.4 is 0 Å². The molecule has 0 fully saturated rings. The highest BCUT2D eigenvalue weighted by Gasteiger charge is 1.72. The van der Waals surface area contributed by atoms with Gasteiger partial charge in [0.1, 0.15) is 0 Å².